The number of nitrogens with one attached hydrogen (secondary N) is 1. The zero-order chi connectivity index (χ0) is 11.4. The molecule has 1 aromatic carbocycles. The molecule has 0 radical (unpaired) electrons. The van der Waals surface area contributed by atoms with E-state index in [0.29, 0.717) is 6.07 Å². The molecule has 0 aliphatic carbocycles. The van der Waals surface area contributed by atoms with Gasteiger partial charge in [0.25, 0.3) is 0 Å². The Morgan fingerprint density at radius 1 is 1.33 bits per heavy atom. The summed E-state index contributed by atoms with van der Waals surface area (Å²) in [5, 5.41) is 10.3. The molecule has 1 aromatic rings. The highest BCUT2D eigenvalue weighted by Crippen LogP contribution is 2.14. The summed E-state index contributed by atoms with van der Waals surface area (Å²) in [7, 11) is 0. The quantitative estimate of drug-likeness (QED) is 0.748. The van der Waals surface area contributed by atoms with E-state index in [1.54, 1.807) is 0 Å². The molecule has 0 aromatic heterocycles. The number of rotatable bonds is 3. The Morgan fingerprint density at radius 3 is 2.53 bits per heavy atom. The molecule has 0 saturated heterocycles. The molecule has 0 aliphatic rings. The molecule has 0 bridgehead atoms. The van der Waals surface area contributed by atoms with Crippen molar-refractivity contribution >= 4 is 17.6 Å². The predicted molar refractivity (Wildman–Crippen MR) is 47.2 cm³/mol. The van der Waals surface area contributed by atoms with Crippen LogP contribution in [0, 0.1) is 11.6 Å². The van der Waals surface area contributed by atoms with Gasteiger partial charge < -0.3 is 10.4 Å². The third-order valence-corrected chi connectivity index (χ3v) is 1.52. The lowest BCUT2D eigenvalue weighted by molar-refractivity contribution is -0.139. The molecule has 80 valence electrons. The highest BCUT2D eigenvalue weighted by molar-refractivity contribution is 6.01. The number of anilines is 1. The van der Waals surface area contributed by atoms with Gasteiger partial charge in [0.2, 0.25) is 5.91 Å². The van der Waals surface area contributed by atoms with Gasteiger partial charge >= 0.3 is 5.97 Å². The number of carboxylic acid groups (broad SMARTS) is 1. The van der Waals surface area contributed by atoms with Gasteiger partial charge in [0.05, 0.1) is 5.69 Å². The summed E-state index contributed by atoms with van der Waals surface area (Å²) in [5.41, 5.74) is -0.248. The maximum absolute atomic E-state index is 12.9. The van der Waals surface area contributed by atoms with E-state index in [0.717, 1.165) is 12.1 Å². The summed E-state index contributed by atoms with van der Waals surface area (Å²) in [5.74, 6) is -3.92. The minimum absolute atomic E-state index is 0.248. The standard InChI is InChI=1S/C9H7F2NO3/c10-5-1-2-7(6(11)3-5)12-8(13)4-9(14)15/h1-3H,4H2,(H,12,13)(H,14,15). The molecule has 4 nitrogen and oxygen atoms in total. The molecule has 0 heterocycles. The summed E-state index contributed by atoms with van der Waals surface area (Å²) in [4.78, 5) is 21.0. The van der Waals surface area contributed by atoms with Crippen molar-refractivity contribution in [2.75, 3.05) is 5.32 Å². The van der Waals surface area contributed by atoms with Gasteiger partial charge in [-0.25, -0.2) is 8.78 Å². The molecule has 0 unspecified atom stereocenters. The maximum Gasteiger partial charge on any atom is 0.312 e. The van der Waals surface area contributed by atoms with Gasteiger partial charge in [0, 0.05) is 6.07 Å². The second-order valence-electron chi connectivity index (χ2n) is 2.74. The van der Waals surface area contributed by atoms with Crippen molar-refractivity contribution in [3.63, 3.8) is 0 Å². The second-order valence-corrected chi connectivity index (χ2v) is 2.74. The van der Waals surface area contributed by atoms with Gasteiger partial charge in [-0.1, -0.05) is 0 Å². The fraction of sp³-hybridized carbons (Fsp3) is 0.111. The zero-order valence-corrected chi connectivity index (χ0v) is 7.46. The Hall–Kier alpha value is -1.98. The van der Waals surface area contributed by atoms with Crippen LogP contribution in [0.5, 0.6) is 0 Å². The summed E-state index contributed by atoms with van der Waals surface area (Å²) >= 11 is 0. The normalized spacial score (nSPS) is 9.73. The molecule has 1 rings (SSSR count). The minimum atomic E-state index is -1.32. The highest BCUT2D eigenvalue weighted by Gasteiger charge is 2.10. The van der Waals surface area contributed by atoms with Crippen molar-refractivity contribution in [3.05, 3.63) is 29.8 Å². The van der Waals surface area contributed by atoms with E-state index >= 15 is 0 Å². The van der Waals surface area contributed by atoms with E-state index in [1.165, 1.54) is 0 Å². The summed E-state index contributed by atoms with van der Waals surface area (Å²) in [6.07, 6.45) is -0.767. The number of carbonyl (C=O) groups is 2. The summed E-state index contributed by atoms with van der Waals surface area (Å²) in [6, 6.07) is 2.57. The number of halogens is 2. The average molecular weight is 215 g/mol. The van der Waals surface area contributed by atoms with Crippen LogP contribution in [0.4, 0.5) is 14.5 Å². The smallest absolute Gasteiger partial charge is 0.312 e. The summed E-state index contributed by atoms with van der Waals surface area (Å²) < 4.78 is 25.4. The molecule has 2 N–H and O–H groups in total. The fourth-order valence-electron chi connectivity index (χ4n) is 0.923. The van der Waals surface area contributed by atoms with E-state index in [9.17, 15) is 18.4 Å². The van der Waals surface area contributed by atoms with Crippen molar-refractivity contribution in [3.8, 4) is 0 Å². The third-order valence-electron chi connectivity index (χ3n) is 1.52. The van der Waals surface area contributed by atoms with Gasteiger partial charge in [-0.3, -0.25) is 9.59 Å². The SMILES string of the molecule is O=C(O)CC(=O)Nc1ccc(F)cc1F. The van der Waals surface area contributed by atoms with Crippen molar-refractivity contribution in [1.29, 1.82) is 0 Å². The first-order valence-corrected chi connectivity index (χ1v) is 3.95. The van der Waals surface area contributed by atoms with Crippen LogP contribution in [-0.4, -0.2) is 17.0 Å². The van der Waals surface area contributed by atoms with Crippen LogP contribution in [0.25, 0.3) is 0 Å². The van der Waals surface area contributed by atoms with Crippen LogP contribution in [0.1, 0.15) is 6.42 Å². The van der Waals surface area contributed by atoms with Gasteiger partial charge in [-0.2, -0.15) is 0 Å². The van der Waals surface area contributed by atoms with Gasteiger partial charge in [0.1, 0.15) is 18.1 Å². The average Bonchev–Trinajstić information content (AvgIpc) is 2.08. The van der Waals surface area contributed by atoms with E-state index in [2.05, 4.69) is 0 Å². The number of benzene rings is 1. The number of hydrogen-bond donors (Lipinski definition) is 2. The predicted octanol–water partition coefficient (Wildman–Crippen LogP) is 1.38. The molecule has 0 saturated carbocycles. The van der Waals surface area contributed by atoms with Crippen LogP contribution in [-0.2, 0) is 9.59 Å². The Labute approximate surface area is 83.5 Å². The number of amides is 1. The van der Waals surface area contributed by atoms with Crippen molar-refractivity contribution < 1.29 is 23.5 Å². The molecule has 0 atom stereocenters. The van der Waals surface area contributed by atoms with Gasteiger partial charge in [-0.05, 0) is 12.1 Å². The van der Waals surface area contributed by atoms with E-state index < -0.39 is 29.9 Å². The van der Waals surface area contributed by atoms with Crippen molar-refractivity contribution in [2.45, 2.75) is 6.42 Å². The van der Waals surface area contributed by atoms with Crippen LogP contribution >= 0.6 is 0 Å². The van der Waals surface area contributed by atoms with Crippen LogP contribution in [0.15, 0.2) is 18.2 Å². The Balaban J connectivity index is 2.72. The first-order valence-electron chi connectivity index (χ1n) is 3.95. The molecular formula is C9H7F2NO3. The van der Waals surface area contributed by atoms with Crippen LogP contribution < -0.4 is 5.32 Å². The third kappa shape index (κ3) is 3.34. The van der Waals surface area contributed by atoms with Crippen molar-refractivity contribution in [2.24, 2.45) is 0 Å². The van der Waals surface area contributed by atoms with E-state index in [1.807, 2.05) is 5.32 Å². The number of carboxylic acids is 1. The van der Waals surface area contributed by atoms with Crippen molar-refractivity contribution in [1.82, 2.24) is 0 Å². The van der Waals surface area contributed by atoms with E-state index in [4.69, 9.17) is 5.11 Å². The van der Waals surface area contributed by atoms with Crippen LogP contribution in [0.3, 0.4) is 0 Å². The molecule has 0 fully saturated rings. The fourth-order valence-corrected chi connectivity index (χ4v) is 0.923. The largest absolute Gasteiger partial charge is 0.481 e. The number of carbonyl (C=O) groups excluding carboxylic acids is 1. The Bertz CT molecular complexity index is 406. The topological polar surface area (TPSA) is 66.4 Å². The van der Waals surface area contributed by atoms with Gasteiger partial charge in [-0.15, -0.1) is 0 Å². The van der Waals surface area contributed by atoms with Gasteiger partial charge in [0.15, 0.2) is 0 Å². The maximum atomic E-state index is 12.9. The Kier molecular flexibility index (Phi) is 3.33. The second kappa shape index (κ2) is 4.50. The molecule has 1 amide bonds. The lowest BCUT2D eigenvalue weighted by Crippen LogP contribution is -2.16. The lowest BCUT2D eigenvalue weighted by Gasteiger charge is -2.04. The number of aliphatic carboxylic acids is 1. The number of hydrogen-bond acceptors (Lipinski definition) is 2. The molecule has 15 heavy (non-hydrogen) atoms. The van der Waals surface area contributed by atoms with E-state index in [-0.39, 0.29) is 5.69 Å². The van der Waals surface area contributed by atoms with Crippen LogP contribution in [0.2, 0.25) is 0 Å². The molecule has 0 aliphatic heterocycles. The molecule has 6 heteroatoms. The first-order chi connectivity index (χ1) is 6.99. The molecule has 0 spiro atoms. The summed E-state index contributed by atoms with van der Waals surface area (Å²) in [6.45, 7) is 0. The monoisotopic (exact) mass is 215 g/mol. The molecular weight excluding hydrogens is 208 g/mol. The lowest BCUT2D eigenvalue weighted by atomic mass is 10.3. The minimum Gasteiger partial charge on any atom is -0.481 e. The Morgan fingerprint density at radius 2 is 2.00 bits per heavy atom. The highest BCUT2D eigenvalue weighted by atomic mass is 19.1. The first kappa shape index (κ1) is 11.1. The zero-order valence-electron chi connectivity index (χ0n) is 7.46.